The maximum Gasteiger partial charge on any atom is 0.172 e. The lowest BCUT2D eigenvalue weighted by Gasteiger charge is -2.02. The molecule has 0 saturated carbocycles. The lowest BCUT2D eigenvalue weighted by atomic mass is 10.2. The lowest BCUT2D eigenvalue weighted by Crippen LogP contribution is -2.05. The topological polar surface area (TPSA) is 81.4 Å². The van der Waals surface area contributed by atoms with Crippen molar-refractivity contribution in [3.05, 3.63) is 24.4 Å². The molecule has 0 spiro atoms. The van der Waals surface area contributed by atoms with Gasteiger partial charge in [-0.25, -0.2) is 4.52 Å². The molecule has 17 heavy (non-hydrogen) atoms. The highest BCUT2D eigenvalue weighted by Gasteiger charge is 2.07. The van der Waals surface area contributed by atoms with E-state index in [1.807, 2.05) is 24.4 Å². The van der Waals surface area contributed by atoms with Gasteiger partial charge in [-0.15, -0.1) is 5.10 Å². The van der Waals surface area contributed by atoms with Crippen molar-refractivity contribution in [1.82, 2.24) is 9.61 Å². The van der Waals surface area contributed by atoms with Gasteiger partial charge in [-0.1, -0.05) is 12.5 Å². The number of rotatable bonds is 6. The molecule has 2 aromatic heterocycles. The zero-order chi connectivity index (χ0) is 12.1. The largest absolute Gasteiger partial charge is 0.394 e. The fourth-order valence-corrected chi connectivity index (χ4v) is 1.80. The van der Waals surface area contributed by atoms with Crippen LogP contribution in [0.5, 0.6) is 0 Å². The van der Waals surface area contributed by atoms with Gasteiger partial charge in [0.15, 0.2) is 5.82 Å². The molecule has 2 rings (SSSR count). The van der Waals surface area contributed by atoms with Gasteiger partial charge in [0.25, 0.3) is 0 Å². The van der Waals surface area contributed by atoms with E-state index in [1.54, 1.807) is 4.52 Å². The Morgan fingerprint density at radius 2 is 2.12 bits per heavy atom. The molecule has 0 saturated heterocycles. The number of aromatic nitrogens is 2. The number of nitrogens with one attached hydrogen (secondary N) is 1. The van der Waals surface area contributed by atoms with Crippen LogP contribution >= 0.6 is 0 Å². The summed E-state index contributed by atoms with van der Waals surface area (Å²) in [5.74, 6) is 0.768. The first-order valence-corrected chi connectivity index (χ1v) is 5.99. The van der Waals surface area contributed by atoms with Crippen LogP contribution in [0.1, 0.15) is 19.3 Å². The summed E-state index contributed by atoms with van der Waals surface area (Å²) in [6.45, 7) is 1.64. The van der Waals surface area contributed by atoms with Crippen LogP contribution in [0.25, 0.3) is 5.52 Å². The molecule has 0 unspecified atom stereocenters. The number of fused-ring (bicyclic) bond motifs is 1. The first-order valence-electron chi connectivity index (χ1n) is 5.99. The number of nitrogen functional groups attached to an aromatic ring is 1. The van der Waals surface area contributed by atoms with Crippen LogP contribution < -0.4 is 16.8 Å². The fourth-order valence-electron chi connectivity index (χ4n) is 1.80. The van der Waals surface area contributed by atoms with Crippen molar-refractivity contribution in [3.63, 3.8) is 0 Å². The molecule has 0 aliphatic rings. The van der Waals surface area contributed by atoms with Crippen molar-refractivity contribution < 1.29 is 0 Å². The second-order valence-electron chi connectivity index (χ2n) is 4.07. The normalized spacial score (nSPS) is 10.9. The van der Waals surface area contributed by atoms with E-state index in [1.165, 1.54) is 0 Å². The van der Waals surface area contributed by atoms with Crippen LogP contribution in [0.3, 0.4) is 0 Å². The van der Waals surface area contributed by atoms with Gasteiger partial charge in [-0.05, 0) is 31.5 Å². The van der Waals surface area contributed by atoms with E-state index >= 15 is 0 Å². The Bertz CT molecular complexity index is 477. The first-order chi connectivity index (χ1) is 8.33. The molecule has 0 aliphatic carbocycles. The van der Waals surface area contributed by atoms with E-state index in [4.69, 9.17) is 11.5 Å². The third-order valence-electron chi connectivity index (χ3n) is 2.75. The maximum atomic E-state index is 6.01. The van der Waals surface area contributed by atoms with E-state index in [2.05, 4.69) is 10.4 Å². The predicted octanol–water partition coefficient (Wildman–Crippen LogP) is 1.46. The van der Waals surface area contributed by atoms with Crippen molar-refractivity contribution in [2.24, 2.45) is 5.73 Å². The number of nitrogens with two attached hydrogens (primary N) is 2. The summed E-state index contributed by atoms with van der Waals surface area (Å²) in [6.07, 6.45) is 5.19. The van der Waals surface area contributed by atoms with Gasteiger partial charge in [0.1, 0.15) is 5.69 Å². The van der Waals surface area contributed by atoms with Crippen LogP contribution in [0.2, 0.25) is 0 Å². The molecule has 5 heteroatoms. The minimum absolute atomic E-state index is 0.712. The summed E-state index contributed by atoms with van der Waals surface area (Å²) in [4.78, 5) is 0. The molecule has 5 nitrogen and oxygen atoms in total. The van der Waals surface area contributed by atoms with Crippen LogP contribution in [0.4, 0.5) is 11.5 Å². The highest BCUT2D eigenvalue weighted by Crippen LogP contribution is 2.22. The number of pyridine rings is 1. The van der Waals surface area contributed by atoms with Crippen LogP contribution in [0, 0.1) is 0 Å². The highest BCUT2D eigenvalue weighted by atomic mass is 15.3. The SMILES string of the molecule is NCCCCCNc1nn2ccccc2c1N. The Morgan fingerprint density at radius 1 is 1.24 bits per heavy atom. The first kappa shape index (κ1) is 11.7. The summed E-state index contributed by atoms with van der Waals surface area (Å²) >= 11 is 0. The molecular weight excluding hydrogens is 214 g/mol. The fraction of sp³-hybridized carbons (Fsp3) is 0.417. The van der Waals surface area contributed by atoms with E-state index in [0.717, 1.165) is 43.7 Å². The Kier molecular flexibility index (Phi) is 3.82. The molecule has 5 N–H and O–H groups in total. The summed E-state index contributed by atoms with van der Waals surface area (Å²) in [6, 6.07) is 5.85. The zero-order valence-electron chi connectivity index (χ0n) is 9.89. The summed E-state index contributed by atoms with van der Waals surface area (Å²) in [5.41, 5.74) is 13.1. The van der Waals surface area contributed by atoms with E-state index in [9.17, 15) is 0 Å². The molecule has 0 radical (unpaired) electrons. The van der Waals surface area contributed by atoms with Crippen molar-refractivity contribution in [2.75, 3.05) is 24.1 Å². The number of hydrogen-bond donors (Lipinski definition) is 3. The molecule has 0 amide bonds. The van der Waals surface area contributed by atoms with Crippen LogP contribution in [0.15, 0.2) is 24.4 Å². The van der Waals surface area contributed by atoms with E-state index < -0.39 is 0 Å². The van der Waals surface area contributed by atoms with Gasteiger partial charge >= 0.3 is 0 Å². The Labute approximate surface area is 101 Å². The van der Waals surface area contributed by atoms with Crippen molar-refractivity contribution in [1.29, 1.82) is 0 Å². The molecule has 0 atom stereocenters. The summed E-state index contributed by atoms with van der Waals surface area (Å²) in [7, 11) is 0. The second kappa shape index (κ2) is 5.54. The summed E-state index contributed by atoms with van der Waals surface area (Å²) in [5, 5.41) is 7.65. The minimum Gasteiger partial charge on any atom is -0.394 e. The van der Waals surface area contributed by atoms with Gasteiger partial charge in [0.05, 0.1) is 5.52 Å². The molecule has 2 aromatic rings. The zero-order valence-corrected chi connectivity index (χ0v) is 9.89. The molecule has 0 fully saturated rings. The van der Waals surface area contributed by atoms with Crippen LogP contribution in [-0.4, -0.2) is 22.7 Å². The predicted molar refractivity (Wildman–Crippen MR) is 71.0 cm³/mol. The van der Waals surface area contributed by atoms with Gasteiger partial charge in [-0.2, -0.15) is 0 Å². The summed E-state index contributed by atoms with van der Waals surface area (Å²) < 4.78 is 1.79. The number of nitrogens with zero attached hydrogens (tertiary/aromatic N) is 2. The molecule has 0 aromatic carbocycles. The number of hydrogen-bond acceptors (Lipinski definition) is 4. The van der Waals surface area contributed by atoms with Crippen molar-refractivity contribution in [3.8, 4) is 0 Å². The number of unbranched alkanes of at least 4 members (excludes halogenated alkanes) is 2. The maximum absolute atomic E-state index is 6.01. The average molecular weight is 233 g/mol. The third kappa shape index (κ3) is 2.68. The Morgan fingerprint density at radius 3 is 2.88 bits per heavy atom. The average Bonchev–Trinajstić information content (AvgIpc) is 2.67. The standard InChI is InChI=1S/C12H19N5/c13-7-3-1-4-8-15-12-11(14)10-6-2-5-9-17(10)16-12/h2,5-6,9H,1,3-4,7-8,13-14H2,(H,15,16). The smallest absolute Gasteiger partial charge is 0.172 e. The Balaban J connectivity index is 1.97. The number of anilines is 2. The minimum atomic E-state index is 0.712. The third-order valence-corrected chi connectivity index (χ3v) is 2.75. The Hall–Kier alpha value is -1.75. The molecule has 0 aliphatic heterocycles. The second-order valence-corrected chi connectivity index (χ2v) is 4.07. The van der Waals surface area contributed by atoms with Gasteiger partial charge in [0.2, 0.25) is 0 Å². The van der Waals surface area contributed by atoms with Gasteiger partial charge in [-0.3, -0.25) is 0 Å². The van der Waals surface area contributed by atoms with Crippen molar-refractivity contribution >= 4 is 17.0 Å². The molecular formula is C12H19N5. The lowest BCUT2D eigenvalue weighted by molar-refractivity contribution is 0.706. The molecule has 92 valence electrons. The van der Waals surface area contributed by atoms with Crippen LogP contribution in [-0.2, 0) is 0 Å². The highest BCUT2D eigenvalue weighted by molar-refractivity contribution is 5.80. The van der Waals surface area contributed by atoms with E-state index in [0.29, 0.717) is 5.69 Å². The van der Waals surface area contributed by atoms with Crippen molar-refractivity contribution in [2.45, 2.75) is 19.3 Å². The molecule has 0 bridgehead atoms. The quantitative estimate of drug-likeness (QED) is 0.660. The van der Waals surface area contributed by atoms with E-state index in [-0.39, 0.29) is 0 Å². The molecule has 2 heterocycles. The van der Waals surface area contributed by atoms with Gasteiger partial charge in [0, 0.05) is 12.7 Å². The van der Waals surface area contributed by atoms with Gasteiger partial charge < -0.3 is 16.8 Å². The monoisotopic (exact) mass is 233 g/mol.